The van der Waals surface area contributed by atoms with Crippen molar-refractivity contribution >= 4 is 34.2 Å². The van der Waals surface area contributed by atoms with Crippen LogP contribution in [0.5, 0.6) is 5.75 Å². The summed E-state index contributed by atoms with van der Waals surface area (Å²) in [7, 11) is -0.0469. The average molecular weight is 571 g/mol. The number of hydrogen-bond donors (Lipinski definition) is 2. The molecule has 210 valence electrons. The van der Waals surface area contributed by atoms with E-state index in [9.17, 15) is 9.00 Å². The highest BCUT2D eigenvalue weighted by Gasteiger charge is 2.44. The summed E-state index contributed by atoms with van der Waals surface area (Å²) in [5, 5.41) is 0.778. The van der Waals surface area contributed by atoms with Crippen LogP contribution in [0, 0.1) is 16.6 Å². The van der Waals surface area contributed by atoms with Gasteiger partial charge in [0.15, 0.2) is 0 Å². The number of benzene rings is 2. The molecule has 1 saturated carbocycles. The van der Waals surface area contributed by atoms with Gasteiger partial charge in [-0.15, -0.1) is 0 Å². The van der Waals surface area contributed by atoms with Crippen molar-refractivity contribution < 1.29 is 18.5 Å². The van der Waals surface area contributed by atoms with Crippen molar-refractivity contribution in [1.82, 2.24) is 0 Å². The van der Waals surface area contributed by atoms with Crippen LogP contribution >= 0.6 is 11.6 Å². The van der Waals surface area contributed by atoms with E-state index in [-0.39, 0.29) is 11.5 Å². The summed E-state index contributed by atoms with van der Waals surface area (Å²) in [6.07, 6.45) is 12.2. The number of carbonyl (C=O) groups excluding carboxylic acids is 1. The Morgan fingerprint density at radius 1 is 1.28 bits per heavy atom. The lowest BCUT2D eigenvalue weighted by Gasteiger charge is -2.46. The van der Waals surface area contributed by atoms with E-state index in [1.54, 1.807) is 7.11 Å². The molecule has 39 heavy (non-hydrogen) atoms. The topological polar surface area (TPSA) is 79.7 Å². The van der Waals surface area contributed by atoms with Crippen LogP contribution in [0.25, 0.3) is 0 Å². The smallest absolute Gasteiger partial charge is 0.150 e. The first kappa shape index (κ1) is 28.2. The van der Waals surface area contributed by atoms with E-state index in [2.05, 4.69) is 29.2 Å². The van der Waals surface area contributed by atoms with Crippen molar-refractivity contribution in [2.24, 2.45) is 11.8 Å². The summed E-state index contributed by atoms with van der Waals surface area (Å²) < 4.78 is 30.7. The molecule has 1 N–H and O–H groups in total. The summed E-state index contributed by atoms with van der Waals surface area (Å²) in [6, 6.07) is 12.1. The number of nitrogens with zero attached hydrogens (tertiary/aromatic N) is 1. The molecule has 2 aliphatic carbocycles. The maximum atomic E-state index is 11.7. The highest BCUT2D eigenvalue weighted by atomic mass is 35.5. The second-order valence-electron chi connectivity index (χ2n) is 11.3. The van der Waals surface area contributed by atoms with Crippen LogP contribution in [0.4, 0.5) is 5.69 Å². The molecule has 0 radical (unpaired) electrons. The Morgan fingerprint density at radius 3 is 2.90 bits per heavy atom. The number of thiol groups is 1. The van der Waals surface area contributed by atoms with E-state index >= 15 is 0 Å². The summed E-state index contributed by atoms with van der Waals surface area (Å²) in [5.41, 5.74) is 4.17. The number of hydrogen-bond acceptors (Lipinski definition) is 6. The molecule has 1 heterocycles. The first-order valence-electron chi connectivity index (χ1n) is 14.0. The molecular weight excluding hydrogens is 532 g/mol. The van der Waals surface area contributed by atoms with Crippen LogP contribution in [0.15, 0.2) is 48.6 Å². The minimum absolute atomic E-state index is 0.0315. The Kier molecular flexibility index (Phi) is 8.99. The number of fused-ring (bicyclic) bond motifs is 3. The number of ether oxygens (including phenoxy) is 2. The number of rotatable bonds is 10. The predicted octanol–water partition coefficient (Wildman–Crippen LogP) is 6.25. The van der Waals surface area contributed by atoms with E-state index in [1.165, 1.54) is 11.1 Å². The number of nitrogens with one attached hydrogen (secondary N) is 1. The molecule has 1 unspecified atom stereocenters. The summed E-state index contributed by atoms with van der Waals surface area (Å²) in [6.45, 7) is 2.31. The monoisotopic (exact) mass is 570 g/mol. The van der Waals surface area contributed by atoms with Gasteiger partial charge in [-0.05, 0) is 98.2 Å². The third-order valence-corrected chi connectivity index (χ3v) is 9.84. The normalized spacial score (nSPS) is 25.7. The van der Waals surface area contributed by atoms with E-state index in [4.69, 9.17) is 25.9 Å². The Balaban J connectivity index is 1.40. The minimum atomic E-state index is -1.82. The first-order chi connectivity index (χ1) is 18.9. The molecule has 0 saturated heterocycles. The van der Waals surface area contributed by atoms with Gasteiger partial charge >= 0.3 is 0 Å². The summed E-state index contributed by atoms with van der Waals surface area (Å²) >= 11 is 6.38. The number of methoxy groups -OCH3 is 1. The van der Waals surface area contributed by atoms with Crippen molar-refractivity contribution in [3.05, 3.63) is 70.3 Å². The Labute approximate surface area is 238 Å². The van der Waals surface area contributed by atoms with Crippen LogP contribution < -0.4 is 9.64 Å². The minimum Gasteiger partial charge on any atom is -0.490 e. The molecule has 1 aliphatic heterocycles. The van der Waals surface area contributed by atoms with Gasteiger partial charge < -0.3 is 14.4 Å². The van der Waals surface area contributed by atoms with Gasteiger partial charge in [0.05, 0.1) is 18.4 Å². The van der Waals surface area contributed by atoms with Gasteiger partial charge in [0.2, 0.25) is 0 Å². The van der Waals surface area contributed by atoms with Crippen LogP contribution in [-0.4, -0.2) is 49.2 Å². The molecular formula is C31H39ClN2O4S. The second-order valence-corrected chi connectivity index (χ2v) is 13.0. The molecule has 1 spiro atoms. The van der Waals surface area contributed by atoms with Crippen LogP contribution in [0.1, 0.15) is 60.0 Å². The average Bonchev–Trinajstić information content (AvgIpc) is 3.06. The third-order valence-electron chi connectivity index (χ3n) is 8.88. The van der Waals surface area contributed by atoms with Gasteiger partial charge in [0.1, 0.15) is 12.0 Å². The Morgan fingerprint density at radius 2 is 2.15 bits per heavy atom. The number of carbonyl (C=O) groups is 1. The largest absolute Gasteiger partial charge is 0.490 e. The fraction of sp³-hybridized carbons (Fsp3) is 0.516. The second kappa shape index (κ2) is 12.4. The van der Waals surface area contributed by atoms with Gasteiger partial charge in [0, 0.05) is 52.5 Å². The van der Waals surface area contributed by atoms with E-state index < -0.39 is 10.6 Å². The van der Waals surface area contributed by atoms with Gasteiger partial charge in [-0.2, -0.15) is 0 Å². The SMILES string of the molecule is CO[C@@H](/C=C/CCC[SH](=N)=O)[C@@H]1CC[C@H]1CN1C[C@@]2(CCCc3cc(Cl)ccc32)COc2ccc(C=O)cc21. The molecule has 0 bridgehead atoms. The lowest BCUT2D eigenvalue weighted by atomic mass is 9.68. The predicted molar refractivity (Wildman–Crippen MR) is 158 cm³/mol. The highest BCUT2D eigenvalue weighted by molar-refractivity contribution is 7.73. The maximum absolute atomic E-state index is 11.7. The molecule has 0 aromatic heterocycles. The number of aldehydes is 1. The molecule has 1 fully saturated rings. The fourth-order valence-electron chi connectivity index (χ4n) is 6.72. The van der Waals surface area contributed by atoms with Gasteiger partial charge in [-0.1, -0.05) is 29.8 Å². The molecule has 2 aromatic carbocycles. The summed E-state index contributed by atoms with van der Waals surface area (Å²) in [5.74, 6) is 2.15. The van der Waals surface area contributed by atoms with Crippen LogP contribution in [0.3, 0.4) is 0 Å². The Bertz CT molecular complexity index is 1290. The molecule has 5 atom stereocenters. The van der Waals surface area contributed by atoms with Crippen LogP contribution in [0.2, 0.25) is 5.02 Å². The van der Waals surface area contributed by atoms with Crippen molar-refractivity contribution in [2.45, 2.75) is 56.5 Å². The molecule has 6 nitrogen and oxygen atoms in total. The number of halogens is 1. The zero-order valence-electron chi connectivity index (χ0n) is 22.6. The standard InChI is InChI=1S/C31H39ClN2O4S/c1-37-29(7-3-2-4-15-39(33)36)26-11-9-24(26)18-34-20-31(14-5-6-23-17-25(32)10-12-27(23)31)21-38-30-13-8-22(19-35)16-28(30)34/h3,7-8,10,12-13,16-17,19,24,26,29,33,39H,2,4-6,9,11,14-15,18,20-21H2,1H3/b7-3+/t24-,26+,29-,31-/m0/s1. The lowest BCUT2D eigenvalue weighted by Crippen LogP contribution is -2.49. The lowest BCUT2D eigenvalue weighted by molar-refractivity contribution is 0.0132. The molecule has 2 aromatic rings. The van der Waals surface area contributed by atoms with E-state index in [0.717, 1.165) is 80.8 Å². The van der Waals surface area contributed by atoms with E-state index in [0.29, 0.717) is 29.8 Å². The molecule has 0 amide bonds. The molecule has 5 rings (SSSR count). The number of anilines is 1. The zero-order valence-corrected chi connectivity index (χ0v) is 24.3. The van der Waals surface area contributed by atoms with E-state index in [1.807, 2.05) is 24.3 Å². The Hall–Kier alpha value is -2.35. The van der Waals surface area contributed by atoms with Crippen molar-refractivity contribution in [2.75, 3.05) is 37.5 Å². The molecule has 3 aliphatic rings. The summed E-state index contributed by atoms with van der Waals surface area (Å²) in [4.78, 5) is 14.2. The van der Waals surface area contributed by atoms with Crippen molar-refractivity contribution in [3.63, 3.8) is 0 Å². The first-order valence-corrected chi connectivity index (χ1v) is 15.9. The van der Waals surface area contributed by atoms with Crippen molar-refractivity contribution in [3.8, 4) is 5.75 Å². The van der Waals surface area contributed by atoms with Gasteiger partial charge in [-0.3, -0.25) is 13.8 Å². The van der Waals surface area contributed by atoms with Gasteiger partial charge in [0.25, 0.3) is 0 Å². The molecule has 8 heteroatoms. The quantitative estimate of drug-likeness (QED) is 0.153. The van der Waals surface area contributed by atoms with Crippen molar-refractivity contribution in [1.29, 1.82) is 4.78 Å². The van der Waals surface area contributed by atoms with Crippen LogP contribution in [-0.2, 0) is 27.2 Å². The fourth-order valence-corrected chi connectivity index (χ4v) is 7.39. The number of allylic oxidation sites excluding steroid dienone is 1. The zero-order chi connectivity index (χ0) is 27.4. The third kappa shape index (κ3) is 6.21. The van der Waals surface area contributed by atoms with Gasteiger partial charge in [-0.25, -0.2) is 0 Å². The number of unbranched alkanes of at least 4 members (excludes halogenated alkanes) is 1. The number of aryl methyl sites for hydroxylation is 1. The maximum Gasteiger partial charge on any atom is 0.150 e. The highest BCUT2D eigenvalue weighted by Crippen LogP contribution is 2.46.